The first-order valence-electron chi connectivity index (χ1n) is 18.2. The van der Waals surface area contributed by atoms with E-state index in [1.165, 1.54) is 6.33 Å². The molecule has 3 atom stereocenters. The zero-order valence-corrected chi connectivity index (χ0v) is 33.8. The number of hydrogen-bond acceptors (Lipinski definition) is 11. The Hall–Kier alpha value is -5.51. The Balaban J connectivity index is 1.16. The molecule has 288 valence electrons. The molecule has 0 unspecified atom stereocenters. The first-order valence-corrected chi connectivity index (χ1v) is 21.1. The Labute approximate surface area is 321 Å². The number of amides is 1. The molecule has 1 aliphatic rings. The van der Waals surface area contributed by atoms with Gasteiger partial charge >= 0.3 is 0 Å². The van der Waals surface area contributed by atoms with Gasteiger partial charge in [-0.15, -0.1) is 0 Å². The number of ether oxygens (including phenoxy) is 3. The number of aryl methyl sites for hydroxylation is 1. The van der Waals surface area contributed by atoms with Crippen LogP contribution >= 0.6 is 0 Å². The number of fused-ring (bicyclic) bond motifs is 2. The van der Waals surface area contributed by atoms with Gasteiger partial charge in [-0.05, 0) is 60.6 Å². The van der Waals surface area contributed by atoms with Crippen LogP contribution in [0.2, 0.25) is 18.1 Å². The highest BCUT2D eigenvalue weighted by Gasteiger charge is 2.48. The third kappa shape index (κ3) is 7.46. The Kier molecular flexibility index (Phi) is 10.0. The zero-order valence-electron chi connectivity index (χ0n) is 32.8. The highest BCUT2D eigenvalue weighted by molar-refractivity contribution is 6.74. The number of nitrogens with zero attached hydrogens (tertiary/aromatic N) is 7. The number of methoxy groups -OCH3 is 2. The Bertz CT molecular complexity index is 2370. The Morgan fingerprint density at radius 2 is 1.85 bits per heavy atom. The normalized spacial score (nSPS) is 17.5. The van der Waals surface area contributed by atoms with Crippen LogP contribution in [0.25, 0.3) is 33.2 Å². The van der Waals surface area contributed by atoms with E-state index in [9.17, 15) is 4.79 Å². The minimum Gasteiger partial charge on any atom is -0.497 e. The lowest BCUT2D eigenvalue weighted by atomic mass is 10.1. The average Bonchev–Trinajstić information content (AvgIpc) is 3.88. The maximum Gasteiger partial charge on any atom is 0.256 e. The summed E-state index contributed by atoms with van der Waals surface area (Å²) < 4.78 is 28.2. The summed E-state index contributed by atoms with van der Waals surface area (Å²) in [7, 11) is 4.78. The van der Waals surface area contributed by atoms with Crippen LogP contribution in [0.5, 0.6) is 11.5 Å². The summed E-state index contributed by atoms with van der Waals surface area (Å²) in [4.78, 5) is 30.2. The molecular weight excluding hydrogens is 715 g/mol. The lowest BCUT2D eigenvalue weighted by Gasteiger charge is -2.39. The van der Waals surface area contributed by atoms with E-state index in [1.54, 1.807) is 18.9 Å². The standard InChI is InChI=1S/C40H49N9O5Si/c1-40(2,3)55(8,9)54-32-20-34(49-22-28(29-16-17-48(5)46-29)35-37(41)42-23-43-38(35)49)53-36(32)39(50)44-26-13-10-24-12-15-33(45-30(24)18-26)47(4)21-25-11-14-27(51-6)19-31(25)52-7/h10-19,22-23,32,34,36H,20-21H2,1-9H3,(H,44,50)(H2,41,42,43)/t32-,34+,36-/m0/s1. The monoisotopic (exact) mass is 763 g/mol. The minimum absolute atomic E-state index is 0.0898. The molecule has 7 rings (SSSR count). The van der Waals surface area contributed by atoms with E-state index >= 15 is 0 Å². The van der Waals surface area contributed by atoms with Gasteiger partial charge in [-0.2, -0.15) is 5.10 Å². The number of benzene rings is 2. The molecule has 55 heavy (non-hydrogen) atoms. The van der Waals surface area contributed by atoms with Crippen LogP contribution in [-0.4, -0.2) is 77.0 Å². The van der Waals surface area contributed by atoms with Gasteiger partial charge in [0.05, 0.1) is 36.9 Å². The summed E-state index contributed by atoms with van der Waals surface area (Å²) in [5.74, 6) is 2.27. The lowest BCUT2D eigenvalue weighted by Crippen LogP contribution is -2.48. The number of carbonyl (C=O) groups excluding carboxylic acids is 1. The first-order chi connectivity index (χ1) is 26.1. The summed E-state index contributed by atoms with van der Waals surface area (Å²) in [6.45, 7) is 11.5. The molecular formula is C40H49N9O5Si. The molecule has 1 fully saturated rings. The number of hydrogen-bond donors (Lipinski definition) is 2. The maximum absolute atomic E-state index is 14.3. The molecule has 0 radical (unpaired) electrons. The van der Waals surface area contributed by atoms with Crippen molar-refractivity contribution in [2.45, 2.75) is 70.3 Å². The van der Waals surface area contributed by atoms with Gasteiger partial charge in [-0.3, -0.25) is 9.48 Å². The lowest BCUT2D eigenvalue weighted by molar-refractivity contribution is -0.131. The van der Waals surface area contributed by atoms with Crippen LogP contribution in [0.4, 0.5) is 17.3 Å². The van der Waals surface area contributed by atoms with Crippen LogP contribution in [0.3, 0.4) is 0 Å². The summed E-state index contributed by atoms with van der Waals surface area (Å²) in [6, 6.07) is 17.4. The van der Waals surface area contributed by atoms with Crippen molar-refractivity contribution in [1.82, 2.24) is 29.3 Å². The largest absolute Gasteiger partial charge is 0.497 e. The second-order valence-electron chi connectivity index (χ2n) is 15.5. The number of nitrogens with one attached hydrogen (secondary N) is 1. The van der Waals surface area contributed by atoms with Crippen molar-refractivity contribution in [3.8, 4) is 22.8 Å². The highest BCUT2D eigenvalue weighted by atomic mass is 28.4. The number of anilines is 3. The second-order valence-corrected chi connectivity index (χ2v) is 20.3. The third-order valence-corrected chi connectivity index (χ3v) is 15.3. The van der Waals surface area contributed by atoms with Crippen molar-refractivity contribution >= 4 is 53.5 Å². The van der Waals surface area contributed by atoms with Gasteiger partial charge in [-0.25, -0.2) is 15.0 Å². The highest BCUT2D eigenvalue weighted by Crippen LogP contribution is 2.43. The fraction of sp³-hybridized carbons (Fsp3) is 0.375. The van der Waals surface area contributed by atoms with Crippen LogP contribution in [0.1, 0.15) is 39.0 Å². The fourth-order valence-electron chi connectivity index (χ4n) is 6.72. The molecule has 15 heteroatoms. The second kappa shape index (κ2) is 14.6. The molecule has 3 N–H and O–H groups in total. The summed E-state index contributed by atoms with van der Waals surface area (Å²) >= 11 is 0. The molecule has 6 aromatic rings. The molecule has 2 aromatic carbocycles. The zero-order chi connectivity index (χ0) is 39.2. The van der Waals surface area contributed by atoms with Crippen molar-refractivity contribution in [2.75, 3.05) is 37.2 Å². The molecule has 0 spiro atoms. The van der Waals surface area contributed by atoms with Gasteiger partial charge in [-0.1, -0.05) is 26.8 Å². The fourth-order valence-corrected chi connectivity index (χ4v) is 8.05. The van der Waals surface area contributed by atoms with Crippen LogP contribution in [0, 0.1) is 0 Å². The van der Waals surface area contributed by atoms with Crippen molar-refractivity contribution in [1.29, 1.82) is 0 Å². The van der Waals surface area contributed by atoms with Gasteiger partial charge in [0.25, 0.3) is 5.91 Å². The van der Waals surface area contributed by atoms with Crippen molar-refractivity contribution in [3.63, 3.8) is 0 Å². The smallest absolute Gasteiger partial charge is 0.256 e. The molecule has 14 nitrogen and oxygen atoms in total. The van der Waals surface area contributed by atoms with E-state index in [-0.39, 0.29) is 10.9 Å². The number of aromatic nitrogens is 6. The van der Waals surface area contributed by atoms with Gasteiger partial charge < -0.3 is 39.2 Å². The Morgan fingerprint density at radius 1 is 1.07 bits per heavy atom. The van der Waals surface area contributed by atoms with E-state index < -0.39 is 26.8 Å². The van der Waals surface area contributed by atoms with Gasteiger partial charge in [0.2, 0.25) is 0 Å². The summed E-state index contributed by atoms with van der Waals surface area (Å²) in [6.07, 6.45) is 3.67. The molecule has 4 aromatic heterocycles. The quantitative estimate of drug-likeness (QED) is 0.132. The van der Waals surface area contributed by atoms with E-state index in [1.807, 2.05) is 90.6 Å². The van der Waals surface area contributed by atoms with Crippen molar-refractivity contribution < 1.29 is 23.4 Å². The number of nitrogens with two attached hydrogens (primary N) is 1. The number of nitrogen functional groups attached to an aromatic ring is 1. The van der Waals surface area contributed by atoms with Crippen molar-refractivity contribution in [2.24, 2.45) is 7.05 Å². The van der Waals surface area contributed by atoms with E-state index in [4.69, 9.17) is 29.4 Å². The van der Waals surface area contributed by atoms with Crippen LogP contribution in [-0.2, 0) is 27.5 Å². The van der Waals surface area contributed by atoms with Crippen LogP contribution < -0.4 is 25.4 Å². The molecule has 1 saturated heterocycles. The first kappa shape index (κ1) is 37.8. The SMILES string of the molecule is COc1ccc(CN(C)c2ccc3ccc(NC(=O)[C@H]4O[C@@H](n5cc(-c6ccn(C)n6)c6c(N)ncnc65)C[C@@H]4O[Si](C)(C)C(C)(C)C)cc3n2)c(OC)c1. The summed E-state index contributed by atoms with van der Waals surface area (Å²) in [5, 5.41) is 9.26. The predicted octanol–water partition coefficient (Wildman–Crippen LogP) is 6.93. The van der Waals surface area contributed by atoms with E-state index in [0.29, 0.717) is 35.5 Å². The van der Waals surface area contributed by atoms with E-state index in [0.717, 1.165) is 45.0 Å². The van der Waals surface area contributed by atoms with Gasteiger partial charge in [0.15, 0.2) is 14.4 Å². The number of pyridine rings is 1. The van der Waals surface area contributed by atoms with Gasteiger partial charge in [0.1, 0.15) is 41.3 Å². The Morgan fingerprint density at radius 3 is 2.56 bits per heavy atom. The number of carbonyl (C=O) groups is 1. The minimum atomic E-state index is -2.34. The van der Waals surface area contributed by atoms with Gasteiger partial charge in [0, 0.05) is 67.7 Å². The predicted molar refractivity (Wildman–Crippen MR) is 217 cm³/mol. The molecule has 0 bridgehead atoms. The third-order valence-electron chi connectivity index (χ3n) is 10.8. The molecule has 0 saturated carbocycles. The molecule has 1 aliphatic heterocycles. The molecule has 0 aliphatic carbocycles. The van der Waals surface area contributed by atoms with Crippen LogP contribution in [0.15, 0.2) is 73.3 Å². The molecule has 5 heterocycles. The van der Waals surface area contributed by atoms with Crippen molar-refractivity contribution in [3.05, 3.63) is 78.9 Å². The topological polar surface area (TPSA) is 157 Å². The molecule has 1 amide bonds. The summed E-state index contributed by atoms with van der Waals surface area (Å²) in [5.41, 5.74) is 10.9. The number of rotatable bonds is 11. The maximum atomic E-state index is 14.3. The van der Waals surface area contributed by atoms with E-state index in [2.05, 4.69) is 54.2 Å². The average molecular weight is 764 g/mol.